The Morgan fingerprint density at radius 1 is 1.20 bits per heavy atom. The zero-order valence-electron chi connectivity index (χ0n) is 10.9. The average Bonchev–Trinajstić information content (AvgIpc) is 2.20. The van der Waals surface area contributed by atoms with E-state index in [1.165, 1.54) is 13.0 Å². The molecule has 0 fully saturated rings. The van der Waals surface area contributed by atoms with Crippen molar-refractivity contribution in [2.75, 3.05) is 46.4 Å². The average molecular weight is 216 g/mol. The summed E-state index contributed by atoms with van der Waals surface area (Å²) in [6.45, 7) is 12.7. The van der Waals surface area contributed by atoms with Gasteiger partial charge in [0.2, 0.25) is 0 Å². The zero-order valence-corrected chi connectivity index (χ0v) is 10.9. The number of rotatable bonds is 10. The predicted octanol–water partition coefficient (Wildman–Crippen LogP) is 1.59. The molecule has 0 amide bonds. The van der Waals surface area contributed by atoms with Crippen LogP contribution in [0.1, 0.15) is 27.2 Å². The zero-order chi connectivity index (χ0) is 11.5. The maximum Gasteiger partial charge on any atom is 0.0593 e. The second-order valence-electron chi connectivity index (χ2n) is 4.41. The van der Waals surface area contributed by atoms with E-state index in [1.807, 2.05) is 7.05 Å². The highest BCUT2D eigenvalue weighted by molar-refractivity contribution is 4.57. The fourth-order valence-electron chi connectivity index (χ4n) is 1.43. The lowest BCUT2D eigenvalue weighted by atomic mass is 10.2. The highest BCUT2D eigenvalue weighted by Gasteiger charge is 2.02. The minimum atomic E-state index is 0.641. The molecule has 0 unspecified atom stereocenters. The third-order valence-electron chi connectivity index (χ3n) is 2.22. The van der Waals surface area contributed by atoms with E-state index in [-0.39, 0.29) is 0 Å². The second-order valence-corrected chi connectivity index (χ2v) is 4.41. The molecule has 0 saturated carbocycles. The van der Waals surface area contributed by atoms with Crippen molar-refractivity contribution >= 4 is 0 Å². The normalized spacial score (nSPS) is 11.6. The number of hydrogen-bond acceptors (Lipinski definition) is 3. The van der Waals surface area contributed by atoms with E-state index < -0.39 is 0 Å². The third-order valence-corrected chi connectivity index (χ3v) is 2.22. The Hall–Kier alpha value is -0.120. The van der Waals surface area contributed by atoms with Gasteiger partial charge in [-0.15, -0.1) is 0 Å². The molecule has 15 heavy (non-hydrogen) atoms. The van der Waals surface area contributed by atoms with Gasteiger partial charge in [0.15, 0.2) is 0 Å². The van der Waals surface area contributed by atoms with Crippen molar-refractivity contribution in [3.05, 3.63) is 0 Å². The maximum atomic E-state index is 5.59. The van der Waals surface area contributed by atoms with Gasteiger partial charge in [0.25, 0.3) is 0 Å². The van der Waals surface area contributed by atoms with E-state index in [0.29, 0.717) is 5.92 Å². The highest BCUT2D eigenvalue weighted by atomic mass is 16.5. The van der Waals surface area contributed by atoms with E-state index in [0.717, 1.165) is 32.8 Å². The van der Waals surface area contributed by atoms with Crippen molar-refractivity contribution in [2.45, 2.75) is 27.2 Å². The Kier molecular flexibility index (Phi) is 10.3. The van der Waals surface area contributed by atoms with E-state index in [9.17, 15) is 0 Å². The molecule has 0 atom stereocenters. The summed E-state index contributed by atoms with van der Waals surface area (Å²) in [4.78, 5) is 2.46. The summed E-state index contributed by atoms with van der Waals surface area (Å²) in [5, 5.41) is 3.18. The van der Waals surface area contributed by atoms with Crippen molar-refractivity contribution in [3.8, 4) is 0 Å². The molecule has 3 heteroatoms. The van der Waals surface area contributed by atoms with Crippen LogP contribution in [0.2, 0.25) is 0 Å². The van der Waals surface area contributed by atoms with Crippen molar-refractivity contribution in [3.63, 3.8) is 0 Å². The SMILES string of the molecule is CCCN(CCNC)CCOCC(C)C. The summed E-state index contributed by atoms with van der Waals surface area (Å²) >= 11 is 0. The first kappa shape index (κ1) is 14.9. The molecule has 3 nitrogen and oxygen atoms in total. The Morgan fingerprint density at radius 2 is 1.93 bits per heavy atom. The van der Waals surface area contributed by atoms with Crippen LogP contribution in [-0.4, -0.2) is 51.3 Å². The monoisotopic (exact) mass is 216 g/mol. The first-order valence-electron chi connectivity index (χ1n) is 6.15. The number of ether oxygens (including phenoxy) is 1. The smallest absolute Gasteiger partial charge is 0.0593 e. The quantitative estimate of drug-likeness (QED) is 0.561. The maximum absolute atomic E-state index is 5.59. The number of likely N-dealkylation sites (N-methyl/N-ethyl adjacent to an activating group) is 1. The van der Waals surface area contributed by atoms with Crippen molar-refractivity contribution < 1.29 is 4.74 Å². The van der Waals surface area contributed by atoms with Gasteiger partial charge in [-0.05, 0) is 25.9 Å². The Balaban J connectivity index is 3.47. The molecule has 1 N–H and O–H groups in total. The van der Waals surface area contributed by atoms with Gasteiger partial charge >= 0.3 is 0 Å². The van der Waals surface area contributed by atoms with Crippen molar-refractivity contribution in [1.82, 2.24) is 10.2 Å². The van der Waals surface area contributed by atoms with Crippen LogP contribution >= 0.6 is 0 Å². The molecule has 0 rings (SSSR count). The molecule has 0 heterocycles. The van der Waals surface area contributed by atoms with Crippen LogP contribution in [0.3, 0.4) is 0 Å². The Morgan fingerprint density at radius 3 is 2.47 bits per heavy atom. The van der Waals surface area contributed by atoms with E-state index in [2.05, 4.69) is 31.0 Å². The molecule has 92 valence electrons. The lowest BCUT2D eigenvalue weighted by Gasteiger charge is -2.21. The van der Waals surface area contributed by atoms with Crippen molar-refractivity contribution in [2.24, 2.45) is 5.92 Å². The summed E-state index contributed by atoms with van der Waals surface area (Å²) in [7, 11) is 2.00. The molecular formula is C12H28N2O. The molecule has 0 aromatic rings. The predicted molar refractivity (Wildman–Crippen MR) is 66.3 cm³/mol. The first-order chi connectivity index (χ1) is 7.20. The molecule has 0 aliphatic rings. The van der Waals surface area contributed by atoms with E-state index in [1.54, 1.807) is 0 Å². The topological polar surface area (TPSA) is 24.5 Å². The van der Waals surface area contributed by atoms with Crippen LogP contribution in [0.25, 0.3) is 0 Å². The van der Waals surface area contributed by atoms with E-state index >= 15 is 0 Å². The van der Waals surface area contributed by atoms with Crippen LogP contribution in [0.4, 0.5) is 0 Å². The third kappa shape index (κ3) is 10.2. The van der Waals surface area contributed by atoms with E-state index in [4.69, 9.17) is 4.74 Å². The van der Waals surface area contributed by atoms with Crippen LogP contribution in [0.5, 0.6) is 0 Å². The highest BCUT2D eigenvalue weighted by Crippen LogP contribution is 1.94. The first-order valence-corrected chi connectivity index (χ1v) is 6.15. The van der Waals surface area contributed by atoms with Gasteiger partial charge < -0.3 is 10.1 Å². The number of nitrogens with zero attached hydrogens (tertiary/aromatic N) is 1. The largest absolute Gasteiger partial charge is 0.380 e. The molecule has 0 aliphatic heterocycles. The molecule has 0 aliphatic carbocycles. The minimum Gasteiger partial charge on any atom is -0.380 e. The standard InChI is InChI=1S/C12H28N2O/c1-5-7-14(8-6-13-4)9-10-15-11-12(2)3/h12-13H,5-11H2,1-4H3. The Bertz CT molecular complexity index is 129. The summed E-state index contributed by atoms with van der Waals surface area (Å²) in [6, 6.07) is 0. The van der Waals surface area contributed by atoms with Gasteiger partial charge in [-0.25, -0.2) is 0 Å². The summed E-state index contributed by atoms with van der Waals surface area (Å²) in [6.07, 6.45) is 1.22. The number of hydrogen-bond donors (Lipinski definition) is 1. The summed E-state index contributed by atoms with van der Waals surface area (Å²) < 4.78 is 5.59. The summed E-state index contributed by atoms with van der Waals surface area (Å²) in [5.41, 5.74) is 0. The van der Waals surface area contributed by atoms with Gasteiger partial charge in [-0.3, -0.25) is 4.90 Å². The minimum absolute atomic E-state index is 0.641. The second kappa shape index (κ2) is 10.4. The molecule has 0 radical (unpaired) electrons. The van der Waals surface area contributed by atoms with Crippen molar-refractivity contribution in [1.29, 1.82) is 0 Å². The number of nitrogens with one attached hydrogen (secondary N) is 1. The molecule has 0 spiro atoms. The van der Waals surface area contributed by atoms with Crippen LogP contribution in [0, 0.1) is 5.92 Å². The lowest BCUT2D eigenvalue weighted by molar-refractivity contribution is 0.0856. The molecule has 0 aromatic heterocycles. The van der Waals surface area contributed by atoms with Gasteiger partial charge in [0.05, 0.1) is 6.61 Å². The molecule has 0 saturated heterocycles. The fraction of sp³-hybridized carbons (Fsp3) is 1.00. The summed E-state index contributed by atoms with van der Waals surface area (Å²) in [5.74, 6) is 0.641. The lowest BCUT2D eigenvalue weighted by Crippen LogP contribution is -2.34. The van der Waals surface area contributed by atoms with Gasteiger partial charge in [0, 0.05) is 26.2 Å². The fourth-order valence-corrected chi connectivity index (χ4v) is 1.43. The van der Waals surface area contributed by atoms with Gasteiger partial charge in [0.1, 0.15) is 0 Å². The van der Waals surface area contributed by atoms with Gasteiger partial charge in [-0.2, -0.15) is 0 Å². The van der Waals surface area contributed by atoms with Crippen LogP contribution in [0.15, 0.2) is 0 Å². The van der Waals surface area contributed by atoms with Crippen LogP contribution in [-0.2, 0) is 4.74 Å². The van der Waals surface area contributed by atoms with Gasteiger partial charge in [-0.1, -0.05) is 20.8 Å². The van der Waals surface area contributed by atoms with Crippen LogP contribution < -0.4 is 5.32 Å². The molecule has 0 aromatic carbocycles. The molecule has 0 bridgehead atoms. The Labute approximate surface area is 95.2 Å². The molecular weight excluding hydrogens is 188 g/mol.